The molecular formula is C18H13F2N3OS. The molecule has 0 fully saturated rings. The molecule has 2 aromatic carbocycles. The van der Waals surface area contributed by atoms with E-state index in [1.54, 1.807) is 25.1 Å². The summed E-state index contributed by atoms with van der Waals surface area (Å²) in [5.74, 6) is -0.677. The number of halogens is 2. The predicted molar refractivity (Wildman–Crippen MR) is 95.2 cm³/mol. The fourth-order valence-electron chi connectivity index (χ4n) is 2.40. The van der Waals surface area contributed by atoms with Gasteiger partial charge in [-0.25, -0.2) is 18.7 Å². The van der Waals surface area contributed by atoms with Gasteiger partial charge in [-0.1, -0.05) is 24.3 Å². The number of para-hydroxylation sites is 1. The molecule has 3 rings (SSSR count). The monoisotopic (exact) mass is 357 g/mol. The van der Waals surface area contributed by atoms with Gasteiger partial charge in [-0.2, -0.15) is 0 Å². The van der Waals surface area contributed by atoms with E-state index >= 15 is 0 Å². The summed E-state index contributed by atoms with van der Waals surface area (Å²) in [7, 11) is 0. The Labute approximate surface area is 148 Å². The lowest BCUT2D eigenvalue weighted by Crippen LogP contribution is -2.09. The minimum absolute atomic E-state index is 0.0257. The first-order valence-electron chi connectivity index (χ1n) is 7.35. The Morgan fingerprint density at radius 2 is 1.64 bits per heavy atom. The Balaban J connectivity index is 2.21. The fourth-order valence-corrected chi connectivity index (χ4v) is 2.62. The van der Waals surface area contributed by atoms with E-state index in [4.69, 9.17) is 0 Å². The van der Waals surface area contributed by atoms with Crippen LogP contribution in [-0.4, -0.2) is 15.1 Å². The third kappa shape index (κ3) is 3.51. The van der Waals surface area contributed by atoms with Crippen molar-refractivity contribution in [2.75, 3.05) is 5.32 Å². The topological polar surface area (TPSA) is 54.9 Å². The second-order valence-corrected chi connectivity index (χ2v) is 5.64. The number of thiol groups is 1. The van der Waals surface area contributed by atoms with Crippen molar-refractivity contribution < 1.29 is 13.6 Å². The molecule has 0 aliphatic heterocycles. The average molecular weight is 357 g/mol. The van der Waals surface area contributed by atoms with Gasteiger partial charge in [-0.05, 0) is 31.2 Å². The van der Waals surface area contributed by atoms with Crippen molar-refractivity contribution in [3.05, 3.63) is 71.6 Å². The Kier molecular flexibility index (Phi) is 4.76. The van der Waals surface area contributed by atoms with E-state index in [0.29, 0.717) is 5.82 Å². The van der Waals surface area contributed by atoms with Gasteiger partial charge in [0.1, 0.15) is 23.3 Å². The van der Waals surface area contributed by atoms with E-state index in [2.05, 4.69) is 27.9 Å². The Morgan fingerprint density at radius 3 is 2.28 bits per heavy atom. The second-order valence-electron chi connectivity index (χ2n) is 5.23. The first-order chi connectivity index (χ1) is 12.0. The van der Waals surface area contributed by atoms with E-state index in [-0.39, 0.29) is 28.3 Å². The molecule has 0 atom stereocenters. The van der Waals surface area contributed by atoms with Crippen molar-refractivity contribution in [3.63, 3.8) is 0 Å². The van der Waals surface area contributed by atoms with Crippen LogP contribution in [-0.2, 0) is 0 Å². The Morgan fingerprint density at radius 1 is 1.00 bits per heavy atom. The van der Waals surface area contributed by atoms with Crippen LogP contribution in [0.2, 0.25) is 0 Å². The molecule has 1 N–H and O–H groups in total. The summed E-state index contributed by atoms with van der Waals surface area (Å²) in [6, 6.07) is 11.9. The molecule has 0 saturated heterocycles. The molecule has 0 radical (unpaired) electrons. The highest BCUT2D eigenvalue weighted by molar-refractivity contribution is 7.97. The molecule has 0 aliphatic carbocycles. The number of benzene rings is 2. The largest absolute Gasteiger partial charge is 0.337 e. The molecule has 7 heteroatoms. The minimum Gasteiger partial charge on any atom is -0.337 e. The second kappa shape index (κ2) is 6.98. The zero-order chi connectivity index (χ0) is 18.0. The van der Waals surface area contributed by atoms with Gasteiger partial charge in [0.15, 0.2) is 0 Å². The minimum atomic E-state index is -0.655. The number of nitrogens with zero attached hydrogens (tertiary/aromatic N) is 2. The summed E-state index contributed by atoms with van der Waals surface area (Å²) in [5.41, 5.74) is 0.352. The van der Waals surface area contributed by atoms with Crippen LogP contribution in [0.4, 0.5) is 20.3 Å². The number of carbonyl (C=O) groups excluding carboxylic acids is 1. The molecule has 25 heavy (non-hydrogen) atoms. The molecule has 1 heterocycles. The maximum absolute atomic E-state index is 14.2. The van der Waals surface area contributed by atoms with Crippen LogP contribution in [0.5, 0.6) is 0 Å². The summed E-state index contributed by atoms with van der Waals surface area (Å²) in [5, 5.41) is 2.12. The van der Waals surface area contributed by atoms with E-state index in [1.807, 2.05) is 0 Å². The molecule has 4 nitrogen and oxygen atoms in total. The third-order valence-electron chi connectivity index (χ3n) is 3.49. The van der Waals surface area contributed by atoms with Crippen LogP contribution in [0.15, 0.2) is 48.5 Å². The summed E-state index contributed by atoms with van der Waals surface area (Å²) in [6.07, 6.45) is 0. The van der Waals surface area contributed by atoms with E-state index < -0.39 is 16.7 Å². The molecule has 0 spiro atoms. The van der Waals surface area contributed by atoms with Crippen LogP contribution in [0.3, 0.4) is 0 Å². The van der Waals surface area contributed by atoms with Gasteiger partial charge in [0, 0.05) is 5.56 Å². The van der Waals surface area contributed by atoms with Crippen LogP contribution in [0.1, 0.15) is 16.2 Å². The van der Waals surface area contributed by atoms with Gasteiger partial charge in [-0.3, -0.25) is 4.79 Å². The number of hydrogen-bond donors (Lipinski definition) is 2. The van der Waals surface area contributed by atoms with Crippen molar-refractivity contribution >= 4 is 29.2 Å². The first kappa shape index (κ1) is 17.0. The number of nitrogens with one attached hydrogen (secondary N) is 1. The van der Waals surface area contributed by atoms with Crippen molar-refractivity contribution in [2.45, 2.75) is 6.92 Å². The normalized spacial score (nSPS) is 10.6. The maximum atomic E-state index is 14.2. The fraction of sp³-hybridized carbons (Fsp3) is 0.0556. The zero-order valence-electron chi connectivity index (χ0n) is 13.1. The first-order valence-corrected chi connectivity index (χ1v) is 7.80. The number of aryl methyl sites for hydroxylation is 1. The third-order valence-corrected chi connectivity index (χ3v) is 3.71. The molecule has 0 saturated carbocycles. The molecule has 0 aliphatic rings. The van der Waals surface area contributed by atoms with Gasteiger partial charge in [0.05, 0.1) is 16.9 Å². The standard InChI is InChI=1S/C18H13F2N3OS/c1-10-21-16(11-6-2-3-7-12(11)19)15(18(24)25)17(22-10)23-14-9-5-4-8-13(14)20/h2-9H,1H3,(H,24,25)(H,21,22,23). The highest BCUT2D eigenvalue weighted by Crippen LogP contribution is 2.31. The number of carbonyl (C=O) groups is 1. The van der Waals surface area contributed by atoms with Crippen LogP contribution in [0.25, 0.3) is 11.3 Å². The summed E-state index contributed by atoms with van der Waals surface area (Å²) < 4.78 is 28.1. The van der Waals surface area contributed by atoms with Gasteiger partial charge in [0.2, 0.25) is 5.12 Å². The average Bonchev–Trinajstić information content (AvgIpc) is 2.56. The van der Waals surface area contributed by atoms with E-state index in [9.17, 15) is 13.6 Å². The van der Waals surface area contributed by atoms with Crippen LogP contribution in [0, 0.1) is 18.6 Å². The number of rotatable bonds is 4. The molecule has 0 amide bonds. The molecule has 1 aromatic heterocycles. The predicted octanol–water partition coefficient (Wildman–Crippen LogP) is 4.54. The summed E-state index contributed by atoms with van der Waals surface area (Å²) in [6.45, 7) is 1.60. The molecule has 0 unspecified atom stereocenters. The van der Waals surface area contributed by atoms with E-state index in [0.717, 1.165) is 0 Å². The number of hydrogen-bond acceptors (Lipinski definition) is 4. The number of aromatic nitrogens is 2. The van der Waals surface area contributed by atoms with Gasteiger partial charge < -0.3 is 5.32 Å². The van der Waals surface area contributed by atoms with Crippen molar-refractivity contribution in [1.29, 1.82) is 0 Å². The van der Waals surface area contributed by atoms with Crippen molar-refractivity contribution in [2.24, 2.45) is 0 Å². The zero-order valence-corrected chi connectivity index (χ0v) is 14.0. The highest BCUT2D eigenvalue weighted by Gasteiger charge is 2.22. The van der Waals surface area contributed by atoms with Gasteiger partial charge in [-0.15, -0.1) is 12.6 Å². The Bertz CT molecular complexity index is 963. The molecule has 3 aromatic rings. The summed E-state index contributed by atoms with van der Waals surface area (Å²) in [4.78, 5) is 20.4. The molecular weight excluding hydrogens is 344 g/mol. The SMILES string of the molecule is Cc1nc(Nc2ccccc2F)c(C(=O)S)c(-c2ccccc2F)n1. The summed E-state index contributed by atoms with van der Waals surface area (Å²) >= 11 is 3.86. The van der Waals surface area contributed by atoms with E-state index in [1.165, 1.54) is 30.3 Å². The lowest BCUT2D eigenvalue weighted by molar-refractivity contribution is 0.109. The van der Waals surface area contributed by atoms with Gasteiger partial charge in [0.25, 0.3) is 0 Å². The lowest BCUT2D eigenvalue weighted by Gasteiger charge is -2.14. The highest BCUT2D eigenvalue weighted by atomic mass is 32.1. The quantitative estimate of drug-likeness (QED) is 0.673. The van der Waals surface area contributed by atoms with Crippen LogP contribution < -0.4 is 5.32 Å². The van der Waals surface area contributed by atoms with Gasteiger partial charge >= 0.3 is 0 Å². The Hall–Kier alpha value is -2.80. The van der Waals surface area contributed by atoms with Crippen molar-refractivity contribution in [3.8, 4) is 11.3 Å². The number of anilines is 2. The van der Waals surface area contributed by atoms with Crippen LogP contribution >= 0.6 is 12.6 Å². The maximum Gasteiger partial charge on any atom is 0.222 e. The lowest BCUT2D eigenvalue weighted by atomic mass is 10.1. The molecule has 0 bridgehead atoms. The molecule has 126 valence electrons. The smallest absolute Gasteiger partial charge is 0.222 e. The van der Waals surface area contributed by atoms with Crippen molar-refractivity contribution in [1.82, 2.24) is 9.97 Å².